The van der Waals surface area contributed by atoms with Crippen LogP contribution in [0.4, 0.5) is 13.2 Å². The van der Waals surface area contributed by atoms with Crippen LogP contribution in [0.2, 0.25) is 0 Å². The van der Waals surface area contributed by atoms with Crippen molar-refractivity contribution in [2.75, 3.05) is 0 Å². The SMILES string of the molecule is O=[SH](=O)Cc1nc(-c2cccc(Oc3ccccc3)c2)cc(C(F)(F)F)n1. The van der Waals surface area contributed by atoms with Gasteiger partial charge >= 0.3 is 6.18 Å². The van der Waals surface area contributed by atoms with Crippen LogP contribution in [-0.2, 0) is 22.6 Å². The molecule has 0 aliphatic heterocycles. The Morgan fingerprint density at radius 3 is 2.26 bits per heavy atom. The van der Waals surface area contributed by atoms with Crippen LogP contribution in [0.25, 0.3) is 11.3 Å². The van der Waals surface area contributed by atoms with Crippen molar-refractivity contribution in [1.29, 1.82) is 0 Å². The van der Waals surface area contributed by atoms with Gasteiger partial charge in [-0.3, -0.25) is 0 Å². The van der Waals surface area contributed by atoms with Crippen molar-refractivity contribution < 1.29 is 26.3 Å². The molecule has 0 fully saturated rings. The highest BCUT2D eigenvalue weighted by molar-refractivity contribution is 7.71. The van der Waals surface area contributed by atoms with E-state index in [1.165, 1.54) is 6.07 Å². The van der Waals surface area contributed by atoms with E-state index in [4.69, 9.17) is 4.74 Å². The van der Waals surface area contributed by atoms with E-state index in [1.54, 1.807) is 42.5 Å². The molecule has 0 aliphatic rings. The molecule has 0 N–H and O–H groups in total. The lowest BCUT2D eigenvalue weighted by Crippen LogP contribution is -2.12. The number of alkyl halides is 3. The fraction of sp³-hybridized carbons (Fsp3) is 0.111. The summed E-state index contributed by atoms with van der Waals surface area (Å²) in [5, 5.41) is 0. The van der Waals surface area contributed by atoms with Crippen LogP contribution in [0.1, 0.15) is 11.5 Å². The van der Waals surface area contributed by atoms with Crippen molar-refractivity contribution in [3.05, 3.63) is 72.2 Å². The molecular formula is C18H13F3N2O3S. The van der Waals surface area contributed by atoms with Gasteiger partial charge in [0, 0.05) is 5.56 Å². The van der Waals surface area contributed by atoms with Crippen LogP contribution in [0.15, 0.2) is 60.7 Å². The van der Waals surface area contributed by atoms with Crippen molar-refractivity contribution in [2.45, 2.75) is 11.9 Å². The van der Waals surface area contributed by atoms with E-state index < -0.39 is 34.2 Å². The highest BCUT2D eigenvalue weighted by Crippen LogP contribution is 2.32. The Kier molecular flexibility index (Phi) is 5.41. The zero-order chi connectivity index (χ0) is 19.4. The lowest BCUT2D eigenvalue weighted by atomic mass is 10.1. The van der Waals surface area contributed by atoms with E-state index in [2.05, 4.69) is 9.97 Å². The van der Waals surface area contributed by atoms with Crippen molar-refractivity contribution in [3.8, 4) is 22.8 Å². The van der Waals surface area contributed by atoms with Crippen LogP contribution >= 0.6 is 0 Å². The first-order valence-corrected chi connectivity index (χ1v) is 9.08. The van der Waals surface area contributed by atoms with Gasteiger partial charge in [-0.05, 0) is 30.3 Å². The number of benzene rings is 2. The van der Waals surface area contributed by atoms with Crippen LogP contribution in [0.3, 0.4) is 0 Å². The maximum Gasteiger partial charge on any atom is 0.433 e. The third-order valence-corrected chi connectivity index (χ3v) is 3.98. The largest absolute Gasteiger partial charge is 0.457 e. The average Bonchev–Trinajstić information content (AvgIpc) is 2.61. The quantitative estimate of drug-likeness (QED) is 0.661. The fourth-order valence-corrected chi connectivity index (χ4v) is 2.69. The van der Waals surface area contributed by atoms with Gasteiger partial charge in [-0.1, -0.05) is 30.3 Å². The molecule has 0 amide bonds. The standard InChI is InChI=1S/C18H13F3N2O3S/c19-18(20,21)16-10-15(22-17(23-16)11-27(24)25)12-5-4-8-14(9-12)26-13-6-2-1-3-7-13/h1-10,27H,11H2. The number of rotatable bonds is 5. The Hall–Kier alpha value is -2.94. The summed E-state index contributed by atoms with van der Waals surface area (Å²) in [6.07, 6.45) is -4.72. The molecule has 2 aromatic carbocycles. The van der Waals surface area contributed by atoms with E-state index in [0.29, 0.717) is 17.1 Å². The van der Waals surface area contributed by atoms with Gasteiger partial charge in [-0.15, -0.1) is 0 Å². The number of thiol groups is 1. The molecule has 9 heteroatoms. The summed E-state index contributed by atoms with van der Waals surface area (Å²) in [5.74, 6) is -0.114. The molecule has 3 rings (SSSR count). The molecule has 27 heavy (non-hydrogen) atoms. The summed E-state index contributed by atoms with van der Waals surface area (Å²) in [6.45, 7) is 0. The number of aromatic nitrogens is 2. The van der Waals surface area contributed by atoms with E-state index in [0.717, 1.165) is 6.07 Å². The molecular weight excluding hydrogens is 381 g/mol. The monoisotopic (exact) mass is 394 g/mol. The first-order chi connectivity index (χ1) is 12.8. The smallest absolute Gasteiger partial charge is 0.433 e. The lowest BCUT2D eigenvalue weighted by molar-refractivity contribution is -0.141. The first-order valence-electron chi connectivity index (χ1n) is 7.71. The average molecular weight is 394 g/mol. The highest BCUT2D eigenvalue weighted by atomic mass is 32.2. The summed E-state index contributed by atoms with van der Waals surface area (Å²) >= 11 is 0. The second-order valence-corrected chi connectivity index (χ2v) is 6.47. The van der Waals surface area contributed by atoms with Crippen molar-refractivity contribution >= 4 is 10.7 Å². The number of ether oxygens (including phenoxy) is 1. The molecule has 140 valence electrons. The van der Waals surface area contributed by atoms with Crippen molar-refractivity contribution in [1.82, 2.24) is 9.97 Å². The van der Waals surface area contributed by atoms with Gasteiger partial charge in [-0.25, -0.2) is 18.4 Å². The van der Waals surface area contributed by atoms with Gasteiger partial charge in [0.05, 0.1) is 5.69 Å². The zero-order valence-corrected chi connectivity index (χ0v) is 14.6. The first kappa shape index (κ1) is 18.8. The molecule has 1 aromatic heterocycles. The number of hydrogen-bond acceptors (Lipinski definition) is 5. The molecule has 0 saturated carbocycles. The summed E-state index contributed by atoms with van der Waals surface area (Å²) < 4.78 is 66.8. The second-order valence-electron chi connectivity index (χ2n) is 5.49. The Labute approximate surface area is 154 Å². The zero-order valence-electron chi connectivity index (χ0n) is 13.7. The van der Waals surface area contributed by atoms with Crippen LogP contribution in [-0.4, -0.2) is 18.4 Å². The molecule has 0 spiro atoms. The second kappa shape index (κ2) is 7.75. The van der Waals surface area contributed by atoms with Crippen molar-refractivity contribution in [2.24, 2.45) is 0 Å². The van der Waals surface area contributed by atoms with Crippen LogP contribution < -0.4 is 4.74 Å². The molecule has 0 unspecified atom stereocenters. The molecule has 0 radical (unpaired) electrons. The predicted molar refractivity (Wildman–Crippen MR) is 93.0 cm³/mol. The number of hydrogen-bond donors (Lipinski definition) is 1. The van der Waals surface area contributed by atoms with Gasteiger partial charge in [-0.2, -0.15) is 13.2 Å². The van der Waals surface area contributed by atoms with Gasteiger partial charge in [0.1, 0.15) is 39.5 Å². The summed E-state index contributed by atoms with van der Waals surface area (Å²) in [6, 6.07) is 16.0. The van der Waals surface area contributed by atoms with E-state index in [-0.39, 0.29) is 5.69 Å². The summed E-state index contributed by atoms with van der Waals surface area (Å²) in [7, 11) is -2.96. The third kappa shape index (κ3) is 5.04. The van der Waals surface area contributed by atoms with E-state index >= 15 is 0 Å². The third-order valence-electron chi connectivity index (χ3n) is 3.44. The molecule has 1 heterocycles. The topological polar surface area (TPSA) is 69.2 Å². The highest BCUT2D eigenvalue weighted by Gasteiger charge is 2.33. The fourth-order valence-electron chi connectivity index (χ4n) is 2.32. The van der Waals surface area contributed by atoms with Gasteiger partial charge < -0.3 is 4.74 Å². The Balaban J connectivity index is 2.01. The van der Waals surface area contributed by atoms with Crippen LogP contribution in [0.5, 0.6) is 11.5 Å². The minimum Gasteiger partial charge on any atom is -0.457 e. The maximum atomic E-state index is 13.1. The molecule has 0 atom stereocenters. The number of nitrogens with zero attached hydrogens (tertiary/aromatic N) is 2. The van der Waals surface area contributed by atoms with Gasteiger partial charge in [0.2, 0.25) is 0 Å². The number of halogens is 3. The molecule has 3 aromatic rings. The predicted octanol–water partition coefficient (Wildman–Crippen LogP) is 4.07. The van der Waals surface area contributed by atoms with E-state index in [1.807, 2.05) is 6.07 Å². The Morgan fingerprint density at radius 1 is 0.889 bits per heavy atom. The van der Waals surface area contributed by atoms with Crippen molar-refractivity contribution in [3.63, 3.8) is 0 Å². The molecule has 0 saturated heterocycles. The van der Waals surface area contributed by atoms with E-state index in [9.17, 15) is 21.6 Å². The Bertz CT molecular complexity index is 1010. The molecule has 0 aliphatic carbocycles. The molecule has 5 nitrogen and oxygen atoms in total. The minimum atomic E-state index is -4.72. The maximum absolute atomic E-state index is 13.1. The summed E-state index contributed by atoms with van der Waals surface area (Å²) in [4.78, 5) is 7.26. The Morgan fingerprint density at radius 2 is 1.59 bits per heavy atom. The van der Waals surface area contributed by atoms with Gasteiger partial charge in [0.25, 0.3) is 0 Å². The summed E-state index contributed by atoms with van der Waals surface area (Å²) in [5.41, 5.74) is -0.893. The minimum absolute atomic E-state index is 0.0392. The normalized spacial score (nSPS) is 11.6. The molecule has 0 bridgehead atoms. The van der Waals surface area contributed by atoms with Gasteiger partial charge in [0.15, 0.2) is 0 Å². The lowest BCUT2D eigenvalue weighted by Gasteiger charge is -2.11. The van der Waals surface area contributed by atoms with Crippen LogP contribution in [0, 0.1) is 0 Å². The number of para-hydroxylation sites is 1.